The van der Waals surface area contributed by atoms with E-state index in [0.29, 0.717) is 27.4 Å². The van der Waals surface area contributed by atoms with Gasteiger partial charge in [-0.2, -0.15) is 4.98 Å². The van der Waals surface area contributed by atoms with E-state index in [1.165, 1.54) is 23.5 Å². The molecule has 0 aliphatic rings. The number of anilines is 1. The van der Waals surface area contributed by atoms with Crippen LogP contribution in [0.5, 0.6) is 0 Å². The highest BCUT2D eigenvalue weighted by molar-refractivity contribution is 9.10. The van der Waals surface area contributed by atoms with E-state index in [4.69, 9.17) is 10.3 Å². The van der Waals surface area contributed by atoms with Gasteiger partial charge in [0.25, 0.3) is 5.89 Å². The van der Waals surface area contributed by atoms with Crippen LogP contribution in [0.2, 0.25) is 0 Å². The van der Waals surface area contributed by atoms with Gasteiger partial charge in [-0.3, -0.25) is 0 Å². The van der Waals surface area contributed by atoms with E-state index in [-0.39, 0.29) is 5.82 Å². The molecule has 102 valence electrons. The van der Waals surface area contributed by atoms with Crippen LogP contribution in [-0.2, 0) is 0 Å². The van der Waals surface area contributed by atoms with Gasteiger partial charge in [-0.1, -0.05) is 21.1 Å². The van der Waals surface area contributed by atoms with Crippen LogP contribution in [0.3, 0.4) is 0 Å². The van der Waals surface area contributed by atoms with E-state index in [1.807, 2.05) is 12.3 Å². The molecule has 2 aromatic heterocycles. The lowest BCUT2D eigenvalue weighted by Gasteiger charge is -1.98. The summed E-state index contributed by atoms with van der Waals surface area (Å²) in [6.07, 6.45) is 0. The van der Waals surface area contributed by atoms with Crippen molar-refractivity contribution in [2.45, 2.75) is 6.92 Å². The van der Waals surface area contributed by atoms with Gasteiger partial charge in [0.1, 0.15) is 10.7 Å². The fourth-order valence-corrected chi connectivity index (χ4v) is 3.03. The number of nitrogens with zero attached hydrogens (tertiary/aromatic N) is 2. The minimum Gasteiger partial charge on any atom is -0.397 e. The van der Waals surface area contributed by atoms with E-state index in [2.05, 4.69) is 26.1 Å². The molecule has 3 aromatic rings. The summed E-state index contributed by atoms with van der Waals surface area (Å²) in [5.41, 5.74) is 8.08. The summed E-state index contributed by atoms with van der Waals surface area (Å²) in [5, 5.41) is 5.81. The monoisotopic (exact) mass is 353 g/mol. The molecule has 0 unspecified atom stereocenters. The molecule has 0 atom stereocenters. The summed E-state index contributed by atoms with van der Waals surface area (Å²) < 4.78 is 19.2. The Morgan fingerprint density at radius 1 is 1.40 bits per heavy atom. The molecule has 0 aliphatic heterocycles. The van der Waals surface area contributed by atoms with Crippen LogP contribution in [0, 0.1) is 12.7 Å². The SMILES string of the molecule is Cc1csc(-c2nc(-c3cc(F)ccc3Br)no2)c1N. The van der Waals surface area contributed by atoms with Crippen LogP contribution in [0.1, 0.15) is 5.56 Å². The zero-order valence-corrected chi connectivity index (χ0v) is 12.8. The number of hydrogen-bond acceptors (Lipinski definition) is 5. The lowest BCUT2D eigenvalue weighted by Crippen LogP contribution is -1.88. The first-order chi connectivity index (χ1) is 9.56. The van der Waals surface area contributed by atoms with Crippen molar-refractivity contribution in [2.75, 3.05) is 5.73 Å². The van der Waals surface area contributed by atoms with Crippen LogP contribution in [0.15, 0.2) is 32.6 Å². The molecular formula is C13H9BrFN3OS. The van der Waals surface area contributed by atoms with Gasteiger partial charge >= 0.3 is 0 Å². The molecular weight excluding hydrogens is 345 g/mol. The molecule has 0 aliphatic carbocycles. The van der Waals surface area contributed by atoms with E-state index in [0.717, 1.165) is 10.4 Å². The largest absolute Gasteiger partial charge is 0.397 e. The first kappa shape index (κ1) is 13.3. The van der Waals surface area contributed by atoms with Crippen LogP contribution in [0.25, 0.3) is 22.2 Å². The Hall–Kier alpha value is -1.73. The zero-order valence-electron chi connectivity index (χ0n) is 10.4. The molecule has 0 saturated carbocycles. The molecule has 0 saturated heterocycles. The van der Waals surface area contributed by atoms with Crippen molar-refractivity contribution >= 4 is 33.0 Å². The minimum atomic E-state index is -0.360. The van der Waals surface area contributed by atoms with E-state index >= 15 is 0 Å². The molecule has 0 radical (unpaired) electrons. The molecule has 20 heavy (non-hydrogen) atoms. The van der Waals surface area contributed by atoms with Gasteiger partial charge in [0.2, 0.25) is 5.82 Å². The highest BCUT2D eigenvalue weighted by Gasteiger charge is 2.17. The summed E-state index contributed by atoms with van der Waals surface area (Å²) in [6.45, 7) is 1.91. The number of nitrogen functional groups attached to an aromatic ring is 1. The lowest BCUT2D eigenvalue weighted by molar-refractivity contribution is 0.433. The normalized spacial score (nSPS) is 10.9. The van der Waals surface area contributed by atoms with Crippen molar-refractivity contribution in [1.29, 1.82) is 0 Å². The summed E-state index contributed by atoms with van der Waals surface area (Å²) in [6, 6.07) is 4.31. The van der Waals surface area contributed by atoms with Crippen molar-refractivity contribution in [3.05, 3.63) is 39.4 Å². The van der Waals surface area contributed by atoms with Crippen molar-refractivity contribution in [3.8, 4) is 22.2 Å². The number of halogens is 2. The lowest BCUT2D eigenvalue weighted by atomic mass is 10.2. The Morgan fingerprint density at radius 3 is 2.90 bits per heavy atom. The molecule has 1 aromatic carbocycles. The molecule has 7 heteroatoms. The molecule has 0 bridgehead atoms. The van der Waals surface area contributed by atoms with E-state index < -0.39 is 0 Å². The van der Waals surface area contributed by atoms with E-state index in [1.54, 1.807) is 6.07 Å². The average molecular weight is 354 g/mol. The third-order valence-electron chi connectivity index (χ3n) is 2.81. The zero-order chi connectivity index (χ0) is 14.3. The predicted molar refractivity (Wildman–Crippen MR) is 79.9 cm³/mol. The van der Waals surface area contributed by atoms with Gasteiger partial charge in [-0.15, -0.1) is 11.3 Å². The average Bonchev–Trinajstić information content (AvgIpc) is 3.01. The molecule has 4 nitrogen and oxygen atoms in total. The molecule has 0 amide bonds. The summed E-state index contributed by atoms with van der Waals surface area (Å²) in [4.78, 5) is 5.01. The Balaban J connectivity index is 2.06. The standard InChI is InChI=1S/C13H9BrFN3OS/c1-6-5-20-11(10(6)16)13-17-12(18-19-13)8-4-7(15)2-3-9(8)14/h2-5H,16H2,1H3. The predicted octanol–water partition coefficient (Wildman–Crippen LogP) is 4.26. The molecule has 0 spiro atoms. The van der Waals surface area contributed by atoms with Gasteiger partial charge in [-0.25, -0.2) is 4.39 Å². The Bertz CT molecular complexity index is 784. The van der Waals surface area contributed by atoms with Crippen LogP contribution >= 0.6 is 27.3 Å². The minimum absolute atomic E-state index is 0.317. The quantitative estimate of drug-likeness (QED) is 0.747. The van der Waals surface area contributed by atoms with Crippen LogP contribution < -0.4 is 5.73 Å². The maximum absolute atomic E-state index is 13.3. The third-order valence-corrected chi connectivity index (χ3v) is 4.61. The summed E-state index contributed by atoms with van der Waals surface area (Å²) >= 11 is 4.78. The second-order valence-corrected chi connectivity index (χ2v) is 5.94. The number of thiophene rings is 1. The second kappa shape index (κ2) is 4.99. The van der Waals surface area contributed by atoms with E-state index in [9.17, 15) is 4.39 Å². The maximum Gasteiger partial charge on any atom is 0.270 e. The summed E-state index contributed by atoms with van der Waals surface area (Å²) in [7, 11) is 0. The van der Waals surface area contributed by atoms with Gasteiger partial charge in [0, 0.05) is 10.0 Å². The fourth-order valence-electron chi connectivity index (χ4n) is 1.71. The first-order valence-corrected chi connectivity index (χ1v) is 7.36. The first-order valence-electron chi connectivity index (χ1n) is 5.69. The molecule has 3 rings (SSSR count). The van der Waals surface area contributed by atoms with Crippen molar-refractivity contribution < 1.29 is 8.91 Å². The Kier molecular flexibility index (Phi) is 3.31. The number of hydrogen-bond donors (Lipinski definition) is 1. The maximum atomic E-state index is 13.3. The highest BCUT2D eigenvalue weighted by Crippen LogP contribution is 2.35. The van der Waals surface area contributed by atoms with Gasteiger partial charge in [-0.05, 0) is 36.1 Å². The third kappa shape index (κ3) is 2.23. The van der Waals surface area contributed by atoms with Crippen LogP contribution in [-0.4, -0.2) is 10.1 Å². The van der Waals surface area contributed by atoms with Crippen molar-refractivity contribution in [1.82, 2.24) is 10.1 Å². The highest BCUT2D eigenvalue weighted by atomic mass is 79.9. The molecule has 2 N–H and O–H groups in total. The Labute approximate surface area is 126 Å². The topological polar surface area (TPSA) is 64.9 Å². The smallest absolute Gasteiger partial charge is 0.270 e. The second-order valence-electron chi connectivity index (χ2n) is 4.21. The van der Waals surface area contributed by atoms with Gasteiger partial charge in [0.05, 0.1) is 5.69 Å². The number of benzene rings is 1. The molecule has 0 fully saturated rings. The van der Waals surface area contributed by atoms with Crippen LogP contribution in [0.4, 0.5) is 10.1 Å². The van der Waals surface area contributed by atoms with Crippen molar-refractivity contribution in [2.24, 2.45) is 0 Å². The van der Waals surface area contributed by atoms with Crippen molar-refractivity contribution in [3.63, 3.8) is 0 Å². The molecule has 2 heterocycles. The fraction of sp³-hybridized carbons (Fsp3) is 0.0769. The van der Waals surface area contributed by atoms with Gasteiger partial charge < -0.3 is 10.3 Å². The number of nitrogens with two attached hydrogens (primary N) is 1. The number of aryl methyl sites for hydroxylation is 1. The number of aromatic nitrogens is 2. The number of rotatable bonds is 2. The Morgan fingerprint density at radius 2 is 2.20 bits per heavy atom. The summed E-state index contributed by atoms with van der Waals surface area (Å²) in [5.74, 6) is 0.296. The van der Waals surface area contributed by atoms with Gasteiger partial charge in [0.15, 0.2) is 0 Å².